The van der Waals surface area contributed by atoms with Gasteiger partial charge in [0.2, 0.25) is 9.76 Å². The summed E-state index contributed by atoms with van der Waals surface area (Å²) in [6.07, 6.45) is 1.54. The van der Waals surface area contributed by atoms with E-state index in [0.717, 1.165) is 6.04 Å². The molecule has 0 saturated heterocycles. The first-order valence-electron chi connectivity index (χ1n) is 3.70. The van der Waals surface area contributed by atoms with Crippen molar-refractivity contribution < 1.29 is 4.43 Å². The topological polar surface area (TPSA) is 9.23 Å². The van der Waals surface area contributed by atoms with E-state index in [1.165, 1.54) is 11.8 Å². The molecule has 0 atom stereocenters. The first kappa shape index (κ1) is 8.08. The van der Waals surface area contributed by atoms with Crippen LogP contribution < -0.4 is 0 Å². The average Bonchev–Trinajstić information content (AvgIpc) is 2.07. The van der Waals surface area contributed by atoms with E-state index in [2.05, 4.69) is 30.8 Å². The summed E-state index contributed by atoms with van der Waals surface area (Å²) in [6, 6.07) is 11.5. The van der Waals surface area contributed by atoms with Gasteiger partial charge < -0.3 is 4.43 Å². The third kappa shape index (κ3) is 3.05. The lowest BCUT2D eigenvalue weighted by atomic mass is 10.2. The Labute approximate surface area is 69.6 Å². The molecular formula is C9H12OSi. The largest absolute Gasteiger partial charge is 0.555 e. The number of benzene rings is 1. The first-order valence-corrected chi connectivity index (χ1v) is 5.27. The summed E-state index contributed by atoms with van der Waals surface area (Å²) in [5.74, 6) is 0. The van der Waals surface area contributed by atoms with Gasteiger partial charge in [0.1, 0.15) is 0 Å². The molecule has 0 heterocycles. The van der Waals surface area contributed by atoms with E-state index in [4.69, 9.17) is 4.43 Å². The molecule has 0 aliphatic rings. The summed E-state index contributed by atoms with van der Waals surface area (Å²) >= 11 is 0. The minimum atomic E-state index is -0.405. The van der Waals surface area contributed by atoms with E-state index in [1.807, 2.05) is 6.07 Å². The highest BCUT2D eigenvalue weighted by molar-refractivity contribution is 6.26. The van der Waals surface area contributed by atoms with Crippen LogP contribution in [0.25, 0.3) is 0 Å². The van der Waals surface area contributed by atoms with Crippen molar-refractivity contribution in [1.82, 2.24) is 0 Å². The van der Waals surface area contributed by atoms with E-state index >= 15 is 0 Å². The van der Waals surface area contributed by atoms with Crippen LogP contribution in [0.5, 0.6) is 0 Å². The van der Waals surface area contributed by atoms with Gasteiger partial charge in [-0.2, -0.15) is 0 Å². The summed E-state index contributed by atoms with van der Waals surface area (Å²) < 4.78 is 5.14. The fourth-order valence-corrected chi connectivity index (χ4v) is 1.76. The van der Waals surface area contributed by atoms with E-state index in [-0.39, 0.29) is 0 Å². The van der Waals surface area contributed by atoms with Gasteiger partial charge in [0, 0.05) is 0 Å². The third-order valence-electron chi connectivity index (χ3n) is 1.47. The Morgan fingerprint density at radius 2 is 2.09 bits per heavy atom. The maximum Gasteiger partial charge on any atom is 0.223 e. The fourth-order valence-electron chi connectivity index (χ4n) is 0.905. The summed E-state index contributed by atoms with van der Waals surface area (Å²) in [7, 11) is -0.405. The Hall–Kier alpha value is -1.02. The van der Waals surface area contributed by atoms with Crippen LogP contribution in [0.2, 0.25) is 0 Å². The van der Waals surface area contributed by atoms with Crippen LogP contribution in [-0.4, -0.2) is 9.76 Å². The van der Waals surface area contributed by atoms with Gasteiger partial charge in [-0.15, -0.1) is 0 Å². The van der Waals surface area contributed by atoms with Gasteiger partial charge in [0.25, 0.3) is 0 Å². The molecule has 0 radical (unpaired) electrons. The number of hydrogen-bond acceptors (Lipinski definition) is 1. The van der Waals surface area contributed by atoms with E-state index in [9.17, 15) is 0 Å². The summed E-state index contributed by atoms with van der Waals surface area (Å²) in [5, 5.41) is 0. The van der Waals surface area contributed by atoms with Crippen LogP contribution in [0, 0.1) is 0 Å². The standard InChI is InChI=1S/C9H12OSi/c1-2-10-11-8-9-6-4-3-5-7-9/h2-7H,1,8,11H2. The van der Waals surface area contributed by atoms with Crippen molar-refractivity contribution in [3.05, 3.63) is 48.7 Å². The zero-order chi connectivity index (χ0) is 7.94. The summed E-state index contributed by atoms with van der Waals surface area (Å²) in [4.78, 5) is 0. The van der Waals surface area contributed by atoms with Crippen molar-refractivity contribution in [2.24, 2.45) is 0 Å². The van der Waals surface area contributed by atoms with Crippen LogP contribution in [0.3, 0.4) is 0 Å². The molecule has 0 aliphatic heterocycles. The molecule has 11 heavy (non-hydrogen) atoms. The SMILES string of the molecule is C=CO[SiH2]Cc1ccccc1. The van der Waals surface area contributed by atoms with Gasteiger partial charge in [-0.1, -0.05) is 36.9 Å². The third-order valence-corrected chi connectivity index (χ3v) is 2.72. The molecule has 1 rings (SSSR count). The van der Waals surface area contributed by atoms with Gasteiger partial charge in [0.15, 0.2) is 0 Å². The van der Waals surface area contributed by atoms with Crippen molar-refractivity contribution in [3.8, 4) is 0 Å². The molecule has 0 saturated carbocycles. The molecule has 58 valence electrons. The maximum atomic E-state index is 5.14. The van der Waals surface area contributed by atoms with Crippen LogP contribution in [-0.2, 0) is 10.5 Å². The van der Waals surface area contributed by atoms with Crippen molar-refractivity contribution in [3.63, 3.8) is 0 Å². The van der Waals surface area contributed by atoms with Gasteiger partial charge in [-0.25, -0.2) is 0 Å². The molecule has 1 aromatic carbocycles. The zero-order valence-electron chi connectivity index (χ0n) is 6.49. The van der Waals surface area contributed by atoms with Gasteiger partial charge in [-0.05, 0) is 11.6 Å². The van der Waals surface area contributed by atoms with Crippen molar-refractivity contribution in [2.75, 3.05) is 0 Å². The Morgan fingerprint density at radius 3 is 2.73 bits per heavy atom. The first-order chi connectivity index (χ1) is 5.43. The van der Waals surface area contributed by atoms with Crippen LogP contribution in [0.15, 0.2) is 43.2 Å². The quantitative estimate of drug-likeness (QED) is 0.371. The maximum absolute atomic E-state index is 5.14. The average molecular weight is 164 g/mol. The molecule has 0 bridgehead atoms. The summed E-state index contributed by atoms with van der Waals surface area (Å²) in [6.45, 7) is 3.50. The molecule has 0 aromatic heterocycles. The molecule has 0 fully saturated rings. The van der Waals surface area contributed by atoms with Crippen LogP contribution in [0.4, 0.5) is 0 Å². The molecule has 0 spiro atoms. The van der Waals surface area contributed by atoms with Crippen LogP contribution >= 0.6 is 0 Å². The lowest BCUT2D eigenvalue weighted by Crippen LogP contribution is -1.97. The zero-order valence-corrected chi connectivity index (χ0v) is 7.91. The van der Waals surface area contributed by atoms with Gasteiger partial charge >= 0.3 is 0 Å². The Balaban J connectivity index is 2.33. The highest BCUT2D eigenvalue weighted by Gasteiger charge is 1.90. The second-order valence-electron chi connectivity index (χ2n) is 2.27. The second-order valence-corrected chi connectivity index (χ2v) is 3.51. The fraction of sp³-hybridized carbons (Fsp3) is 0.111. The van der Waals surface area contributed by atoms with Crippen LogP contribution in [0.1, 0.15) is 5.56 Å². The lowest BCUT2D eigenvalue weighted by Gasteiger charge is -1.98. The van der Waals surface area contributed by atoms with E-state index in [0.29, 0.717) is 0 Å². The summed E-state index contributed by atoms with van der Waals surface area (Å²) in [5.41, 5.74) is 1.36. The minimum Gasteiger partial charge on any atom is -0.555 e. The van der Waals surface area contributed by atoms with E-state index < -0.39 is 9.76 Å². The predicted octanol–water partition coefficient (Wildman–Crippen LogP) is 1.43. The molecular weight excluding hydrogens is 152 g/mol. The molecule has 0 N–H and O–H groups in total. The Bertz CT molecular complexity index is 208. The molecule has 0 amide bonds. The Morgan fingerprint density at radius 1 is 1.36 bits per heavy atom. The van der Waals surface area contributed by atoms with Gasteiger partial charge in [-0.3, -0.25) is 0 Å². The highest BCUT2D eigenvalue weighted by Crippen LogP contribution is 1.97. The lowest BCUT2D eigenvalue weighted by molar-refractivity contribution is 0.515. The normalized spacial score (nSPS) is 10.2. The smallest absolute Gasteiger partial charge is 0.223 e. The van der Waals surface area contributed by atoms with E-state index in [1.54, 1.807) is 0 Å². The van der Waals surface area contributed by atoms with Crippen molar-refractivity contribution in [1.29, 1.82) is 0 Å². The molecule has 0 aliphatic carbocycles. The number of hydrogen-bond donors (Lipinski definition) is 0. The Kier molecular flexibility index (Phi) is 3.48. The predicted molar refractivity (Wildman–Crippen MR) is 50.0 cm³/mol. The molecule has 0 unspecified atom stereocenters. The molecule has 1 aromatic rings. The highest BCUT2D eigenvalue weighted by atomic mass is 28.2. The molecule has 1 nitrogen and oxygen atoms in total. The van der Waals surface area contributed by atoms with Gasteiger partial charge in [0.05, 0.1) is 6.26 Å². The minimum absolute atomic E-state index is 0.405. The number of rotatable bonds is 4. The van der Waals surface area contributed by atoms with Crippen molar-refractivity contribution >= 4 is 9.76 Å². The monoisotopic (exact) mass is 164 g/mol. The second kappa shape index (κ2) is 4.74. The molecule has 2 heteroatoms. The van der Waals surface area contributed by atoms with Crippen molar-refractivity contribution in [2.45, 2.75) is 6.04 Å².